The van der Waals surface area contributed by atoms with Crippen molar-refractivity contribution in [1.82, 2.24) is 5.32 Å². The summed E-state index contributed by atoms with van der Waals surface area (Å²) in [6, 6.07) is 16.9. The second-order valence-corrected chi connectivity index (χ2v) is 5.83. The third-order valence-corrected chi connectivity index (χ3v) is 3.86. The van der Waals surface area contributed by atoms with Crippen molar-refractivity contribution in [3.8, 4) is 5.75 Å². The van der Waals surface area contributed by atoms with Crippen LogP contribution in [0, 0.1) is 0 Å². The average molecular weight is 348 g/mol. The first kappa shape index (κ1) is 16.1. The van der Waals surface area contributed by atoms with Crippen LogP contribution >= 0.6 is 15.9 Å². The third kappa shape index (κ3) is 4.32. The highest BCUT2D eigenvalue weighted by Crippen LogP contribution is 2.30. The van der Waals surface area contributed by atoms with E-state index in [-0.39, 0.29) is 6.04 Å². The van der Waals surface area contributed by atoms with Crippen LogP contribution in [0.25, 0.3) is 0 Å². The fourth-order valence-electron chi connectivity index (χ4n) is 2.36. The Kier molecular flexibility index (Phi) is 6.27. The van der Waals surface area contributed by atoms with Crippen LogP contribution in [-0.4, -0.2) is 13.2 Å². The summed E-state index contributed by atoms with van der Waals surface area (Å²) in [7, 11) is 0. The maximum Gasteiger partial charge on any atom is 0.124 e. The molecule has 3 heteroatoms. The molecule has 1 N–H and O–H groups in total. The zero-order valence-corrected chi connectivity index (χ0v) is 14.2. The lowest BCUT2D eigenvalue weighted by molar-refractivity contribution is 0.333. The molecule has 0 aliphatic carbocycles. The van der Waals surface area contributed by atoms with Crippen molar-refractivity contribution in [2.75, 3.05) is 13.2 Å². The van der Waals surface area contributed by atoms with Gasteiger partial charge in [-0.3, -0.25) is 0 Å². The van der Waals surface area contributed by atoms with Crippen molar-refractivity contribution in [3.63, 3.8) is 0 Å². The van der Waals surface area contributed by atoms with E-state index in [0.717, 1.165) is 23.2 Å². The summed E-state index contributed by atoms with van der Waals surface area (Å²) in [4.78, 5) is 0. The van der Waals surface area contributed by atoms with Gasteiger partial charge >= 0.3 is 0 Å². The zero-order valence-electron chi connectivity index (χ0n) is 12.6. The monoisotopic (exact) mass is 347 g/mol. The largest absolute Gasteiger partial charge is 0.494 e. The summed E-state index contributed by atoms with van der Waals surface area (Å²) < 4.78 is 6.89. The van der Waals surface area contributed by atoms with Crippen molar-refractivity contribution in [3.05, 3.63) is 64.1 Å². The number of rotatable bonds is 7. The summed E-state index contributed by atoms with van der Waals surface area (Å²) in [6.45, 7) is 5.85. The lowest BCUT2D eigenvalue weighted by Gasteiger charge is -2.22. The van der Waals surface area contributed by atoms with Crippen molar-refractivity contribution < 1.29 is 4.74 Å². The molecule has 1 unspecified atom stereocenters. The minimum Gasteiger partial charge on any atom is -0.494 e. The molecule has 0 fully saturated rings. The first-order valence-corrected chi connectivity index (χ1v) is 8.26. The van der Waals surface area contributed by atoms with Gasteiger partial charge < -0.3 is 10.1 Å². The minimum absolute atomic E-state index is 0.154. The molecule has 2 aromatic carbocycles. The second kappa shape index (κ2) is 8.20. The number of hydrogen-bond donors (Lipinski definition) is 1. The Morgan fingerprint density at radius 3 is 2.43 bits per heavy atom. The van der Waals surface area contributed by atoms with Gasteiger partial charge in [-0.1, -0.05) is 53.2 Å². The Hall–Kier alpha value is -1.32. The molecule has 0 saturated heterocycles. The molecule has 1 atom stereocenters. The molecule has 2 rings (SSSR count). The van der Waals surface area contributed by atoms with E-state index >= 15 is 0 Å². The molecule has 0 radical (unpaired) electrons. The summed E-state index contributed by atoms with van der Waals surface area (Å²) in [5.41, 5.74) is 2.44. The van der Waals surface area contributed by atoms with E-state index in [0.29, 0.717) is 6.61 Å². The molecule has 2 aromatic rings. The molecule has 0 aliphatic heterocycles. The Morgan fingerprint density at radius 1 is 1.05 bits per heavy atom. The topological polar surface area (TPSA) is 21.3 Å². The Morgan fingerprint density at radius 2 is 1.76 bits per heavy atom. The van der Waals surface area contributed by atoms with E-state index in [1.165, 1.54) is 11.1 Å². The van der Waals surface area contributed by atoms with Crippen LogP contribution in [0.15, 0.2) is 53.0 Å². The van der Waals surface area contributed by atoms with Gasteiger partial charge in [-0.2, -0.15) is 0 Å². The maximum absolute atomic E-state index is 5.79. The van der Waals surface area contributed by atoms with Crippen LogP contribution in [0.5, 0.6) is 5.75 Å². The molecule has 0 amide bonds. The van der Waals surface area contributed by atoms with Crippen LogP contribution in [0.3, 0.4) is 0 Å². The highest BCUT2D eigenvalue weighted by Gasteiger charge is 2.17. The van der Waals surface area contributed by atoms with Crippen molar-refractivity contribution in [2.24, 2.45) is 0 Å². The van der Waals surface area contributed by atoms with Gasteiger partial charge in [0.25, 0.3) is 0 Å². The molecule has 0 heterocycles. The molecule has 0 aliphatic rings. The maximum atomic E-state index is 5.79. The number of para-hydroxylation sites is 1. The van der Waals surface area contributed by atoms with Crippen molar-refractivity contribution >= 4 is 15.9 Å². The Bertz CT molecular complexity index is 553. The van der Waals surface area contributed by atoms with Crippen LogP contribution < -0.4 is 10.1 Å². The quantitative estimate of drug-likeness (QED) is 0.765. The summed E-state index contributed by atoms with van der Waals surface area (Å²) in [5.74, 6) is 0.955. The van der Waals surface area contributed by atoms with Crippen LogP contribution in [0.4, 0.5) is 0 Å². The SMILES string of the molecule is CCCNC(c1ccc(Br)cc1)c1ccccc1OCC. The van der Waals surface area contributed by atoms with E-state index in [4.69, 9.17) is 4.74 Å². The Balaban J connectivity index is 2.37. The van der Waals surface area contributed by atoms with E-state index in [9.17, 15) is 0 Å². The van der Waals surface area contributed by atoms with Gasteiger partial charge in [-0.25, -0.2) is 0 Å². The highest BCUT2D eigenvalue weighted by molar-refractivity contribution is 9.10. The Labute approximate surface area is 135 Å². The number of halogens is 1. The molecule has 21 heavy (non-hydrogen) atoms. The standard InChI is InChI=1S/C18H22BrNO/c1-3-13-20-18(14-9-11-15(19)12-10-14)16-7-5-6-8-17(16)21-4-2/h5-12,18,20H,3-4,13H2,1-2H3. The highest BCUT2D eigenvalue weighted by atomic mass is 79.9. The van der Waals surface area contributed by atoms with Gasteiger partial charge in [0.1, 0.15) is 5.75 Å². The molecule has 0 bridgehead atoms. The summed E-state index contributed by atoms with van der Waals surface area (Å²) >= 11 is 3.50. The summed E-state index contributed by atoms with van der Waals surface area (Å²) in [6.07, 6.45) is 1.10. The summed E-state index contributed by atoms with van der Waals surface area (Å²) in [5, 5.41) is 3.62. The predicted octanol–water partition coefficient (Wildman–Crippen LogP) is 4.94. The van der Waals surface area contributed by atoms with Gasteiger partial charge in [-0.05, 0) is 43.7 Å². The van der Waals surface area contributed by atoms with E-state index in [2.05, 4.69) is 64.6 Å². The molecular weight excluding hydrogens is 326 g/mol. The van der Waals surface area contributed by atoms with Gasteiger partial charge in [0.15, 0.2) is 0 Å². The van der Waals surface area contributed by atoms with Gasteiger partial charge in [0.2, 0.25) is 0 Å². The predicted molar refractivity (Wildman–Crippen MR) is 91.9 cm³/mol. The van der Waals surface area contributed by atoms with Crippen LogP contribution in [0.2, 0.25) is 0 Å². The first-order chi connectivity index (χ1) is 10.3. The second-order valence-electron chi connectivity index (χ2n) is 4.91. The van der Waals surface area contributed by atoms with Gasteiger partial charge in [-0.15, -0.1) is 0 Å². The number of ether oxygens (including phenoxy) is 1. The molecule has 112 valence electrons. The lowest BCUT2D eigenvalue weighted by Crippen LogP contribution is -2.23. The van der Waals surface area contributed by atoms with Crippen molar-refractivity contribution in [1.29, 1.82) is 0 Å². The zero-order chi connectivity index (χ0) is 15.1. The van der Waals surface area contributed by atoms with Crippen molar-refractivity contribution in [2.45, 2.75) is 26.3 Å². The smallest absolute Gasteiger partial charge is 0.124 e. The van der Waals surface area contributed by atoms with Crippen LogP contribution in [-0.2, 0) is 0 Å². The molecule has 2 nitrogen and oxygen atoms in total. The van der Waals surface area contributed by atoms with E-state index in [1.807, 2.05) is 19.1 Å². The average Bonchev–Trinajstić information content (AvgIpc) is 2.51. The number of benzene rings is 2. The molecule has 0 saturated carbocycles. The van der Waals surface area contributed by atoms with E-state index < -0.39 is 0 Å². The number of nitrogens with one attached hydrogen (secondary N) is 1. The molecule has 0 aromatic heterocycles. The van der Waals surface area contributed by atoms with E-state index in [1.54, 1.807) is 0 Å². The van der Waals surface area contributed by atoms with Crippen LogP contribution in [0.1, 0.15) is 37.4 Å². The first-order valence-electron chi connectivity index (χ1n) is 7.46. The molecular formula is C18H22BrNO. The lowest BCUT2D eigenvalue weighted by atomic mass is 9.97. The van der Waals surface area contributed by atoms with Gasteiger partial charge in [0, 0.05) is 10.0 Å². The third-order valence-electron chi connectivity index (χ3n) is 3.33. The molecule has 0 spiro atoms. The normalized spacial score (nSPS) is 12.1. The fourth-order valence-corrected chi connectivity index (χ4v) is 2.62. The minimum atomic E-state index is 0.154. The fraction of sp³-hybridized carbons (Fsp3) is 0.333. The number of hydrogen-bond acceptors (Lipinski definition) is 2. The van der Waals surface area contributed by atoms with Gasteiger partial charge in [0.05, 0.1) is 12.6 Å².